The highest BCUT2D eigenvalue weighted by atomic mass is 35.5. The molecule has 5 nitrogen and oxygen atoms in total. The molecule has 0 fully saturated rings. The molecule has 0 spiro atoms. The van der Waals surface area contributed by atoms with Gasteiger partial charge in [0.05, 0.1) is 10.6 Å². The first-order chi connectivity index (χ1) is 15.0. The van der Waals surface area contributed by atoms with E-state index in [1.54, 1.807) is 23.9 Å². The summed E-state index contributed by atoms with van der Waals surface area (Å²) in [7, 11) is 0. The normalized spacial score (nSPS) is 14.4. The van der Waals surface area contributed by atoms with E-state index < -0.39 is 6.04 Å². The smallest absolute Gasteiger partial charge is 0.253 e. The van der Waals surface area contributed by atoms with Crippen molar-refractivity contribution in [3.63, 3.8) is 0 Å². The summed E-state index contributed by atoms with van der Waals surface area (Å²) in [6, 6.07) is 12.3. The van der Waals surface area contributed by atoms with Gasteiger partial charge in [0.15, 0.2) is 0 Å². The highest BCUT2D eigenvalue weighted by molar-refractivity contribution is 7.98. The van der Waals surface area contributed by atoms with Crippen molar-refractivity contribution in [3.05, 3.63) is 69.3 Å². The van der Waals surface area contributed by atoms with Crippen LogP contribution in [0.25, 0.3) is 10.9 Å². The van der Waals surface area contributed by atoms with Gasteiger partial charge in [-0.15, -0.1) is 0 Å². The fourth-order valence-corrected chi connectivity index (χ4v) is 4.94. The zero-order valence-corrected chi connectivity index (χ0v) is 19.4. The second kappa shape index (κ2) is 9.55. The van der Waals surface area contributed by atoms with Gasteiger partial charge in [-0.1, -0.05) is 41.4 Å². The summed E-state index contributed by atoms with van der Waals surface area (Å²) in [5.74, 6) is 0.325. The first kappa shape index (κ1) is 22.1. The summed E-state index contributed by atoms with van der Waals surface area (Å²) in [6.07, 6.45) is 3.30. The van der Waals surface area contributed by atoms with Gasteiger partial charge in [-0.05, 0) is 42.7 Å². The number of thioether (sulfide) groups is 1. The number of benzene rings is 2. The Morgan fingerprint density at radius 2 is 2.03 bits per heavy atom. The van der Waals surface area contributed by atoms with Crippen LogP contribution in [0.1, 0.15) is 28.0 Å². The van der Waals surface area contributed by atoms with E-state index in [2.05, 4.69) is 22.4 Å². The molecule has 2 N–H and O–H groups in total. The third-order valence-corrected chi connectivity index (χ3v) is 6.78. The van der Waals surface area contributed by atoms with E-state index in [-0.39, 0.29) is 16.8 Å². The molecule has 2 heterocycles. The Labute approximate surface area is 195 Å². The van der Waals surface area contributed by atoms with E-state index >= 15 is 0 Å². The minimum atomic E-state index is -0.613. The SMILES string of the molecule is CSCC[C@@H](NC(=O)c1ccc(Cl)cc1Cl)C(=O)N1CCc2[nH]c3ccccc3c2C1. The molecule has 0 radical (unpaired) electrons. The van der Waals surface area contributed by atoms with Crippen LogP contribution >= 0.6 is 35.0 Å². The topological polar surface area (TPSA) is 65.2 Å². The minimum Gasteiger partial charge on any atom is -0.358 e. The van der Waals surface area contributed by atoms with E-state index in [0.717, 1.165) is 28.6 Å². The van der Waals surface area contributed by atoms with Crippen LogP contribution in [0.5, 0.6) is 0 Å². The molecular formula is C23H23Cl2N3O2S. The van der Waals surface area contributed by atoms with E-state index in [9.17, 15) is 9.59 Å². The molecule has 0 bridgehead atoms. The lowest BCUT2D eigenvalue weighted by atomic mass is 10.0. The van der Waals surface area contributed by atoms with Gasteiger partial charge in [-0.25, -0.2) is 0 Å². The summed E-state index contributed by atoms with van der Waals surface area (Å²) in [6.45, 7) is 1.15. The van der Waals surface area contributed by atoms with Crippen molar-refractivity contribution in [2.24, 2.45) is 0 Å². The van der Waals surface area contributed by atoms with Crippen LogP contribution in [0.15, 0.2) is 42.5 Å². The van der Waals surface area contributed by atoms with Crippen molar-refractivity contribution < 1.29 is 9.59 Å². The average molecular weight is 476 g/mol. The molecule has 1 aliphatic rings. The summed E-state index contributed by atoms with van der Waals surface area (Å²) >= 11 is 13.8. The molecule has 31 heavy (non-hydrogen) atoms. The standard InChI is InChI=1S/C23H23Cl2N3O2S/c1-31-11-9-21(27-22(29)16-7-6-14(24)12-18(16)25)23(30)28-10-8-20-17(13-28)15-4-2-3-5-19(15)26-20/h2-7,12,21,26H,8-11,13H2,1H3,(H,27,29)/t21-/m1/s1. The van der Waals surface area contributed by atoms with Crippen LogP contribution < -0.4 is 5.32 Å². The Bertz CT molecular complexity index is 1130. The van der Waals surface area contributed by atoms with Crippen LogP contribution in [0, 0.1) is 0 Å². The number of carbonyl (C=O) groups excluding carboxylic acids is 2. The molecule has 0 saturated heterocycles. The van der Waals surface area contributed by atoms with Gasteiger partial charge in [0.25, 0.3) is 5.91 Å². The highest BCUT2D eigenvalue weighted by Gasteiger charge is 2.30. The number of para-hydroxylation sites is 1. The van der Waals surface area contributed by atoms with Crippen LogP contribution in [-0.4, -0.2) is 46.3 Å². The number of rotatable bonds is 6. The predicted octanol–water partition coefficient (Wildman–Crippen LogP) is 4.91. The maximum atomic E-state index is 13.4. The van der Waals surface area contributed by atoms with Gasteiger partial charge in [0, 0.05) is 46.7 Å². The fraction of sp³-hybridized carbons (Fsp3) is 0.304. The lowest BCUT2D eigenvalue weighted by Gasteiger charge is -2.31. The van der Waals surface area contributed by atoms with Crippen molar-refractivity contribution in [1.29, 1.82) is 0 Å². The van der Waals surface area contributed by atoms with Crippen molar-refractivity contribution in [2.75, 3.05) is 18.6 Å². The van der Waals surface area contributed by atoms with Crippen LogP contribution in [0.3, 0.4) is 0 Å². The molecule has 0 aliphatic carbocycles. The van der Waals surface area contributed by atoms with E-state index in [0.29, 0.717) is 30.1 Å². The second-order valence-electron chi connectivity index (χ2n) is 7.57. The van der Waals surface area contributed by atoms with E-state index in [1.807, 2.05) is 23.3 Å². The van der Waals surface area contributed by atoms with Gasteiger partial charge in [0.2, 0.25) is 5.91 Å². The zero-order chi connectivity index (χ0) is 22.0. The van der Waals surface area contributed by atoms with Crippen LogP contribution in [0.2, 0.25) is 10.0 Å². The Kier molecular flexibility index (Phi) is 6.80. The molecule has 1 aromatic heterocycles. The van der Waals surface area contributed by atoms with Crippen molar-refractivity contribution in [1.82, 2.24) is 15.2 Å². The number of amides is 2. The molecule has 3 aromatic rings. The first-order valence-corrected chi connectivity index (χ1v) is 12.2. The fourth-order valence-electron chi connectivity index (χ4n) is 3.98. The van der Waals surface area contributed by atoms with Gasteiger partial charge in [-0.2, -0.15) is 11.8 Å². The van der Waals surface area contributed by atoms with Crippen LogP contribution in [-0.2, 0) is 17.8 Å². The third kappa shape index (κ3) is 4.71. The van der Waals surface area contributed by atoms with E-state index in [1.165, 1.54) is 11.8 Å². The minimum absolute atomic E-state index is 0.0663. The Morgan fingerprint density at radius 3 is 2.81 bits per heavy atom. The highest BCUT2D eigenvalue weighted by Crippen LogP contribution is 2.28. The monoisotopic (exact) mass is 475 g/mol. The number of aromatic nitrogens is 1. The molecular weight excluding hydrogens is 453 g/mol. The average Bonchev–Trinajstić information content (AvgIpc) is 3.14. The molecule has 162 valence electrons. The quantitative estimate of drug-likeness (QED) is 0.532. The summed E-state index contributed by atoms with van der Waals surface area (Å²) in [5, 5.41) is 4.77. The van der Waals surface area contributed by atoms with Gasteiger partial charge in [-0.3, -0.25) is 9.59 Å². The van der Waals surface area contributed by atoms with Crippen LogP contribution in [0.4, 0.5) is 0 Å². The molecule has 2 amide bonds. The van der Waals surface area contributed by atoms with Gasteiger partial charge >= 0.3 is 0 Å². The number of hydrogen-bond acceptors (Lipinski definition) is 3. The Balaban J connectivity index is 1.53. The number of aromatic amines is 1. The maximum absolute atomic E-state index is 13.4. The molecule has 0 saturated carbocycles. The van der Waals surface area contributed by atoms with Crippen molar-refractivity contribution >= 4 is 57.7 Å². The predicted molar refractivity (Wildman–Crippen MR) is 128 cm³/mol. The van der Waals surface area contributed by atoms with Gasteiger partial charge < -0.3 is 15.2 Å². The lowest BCUT2D eigenvalue weighted by Crippen LogP contribution is -2.50. The number of nitrogens with one attached hydrogen (secondary N) is 2. The first-order valence-electron chi connectivity index (χ1n) is 10.1. The molecule has 2 aromatic carbocycles. The number of halogens is 2. The number of H-pyrrole nitrogens is 1. The Hall–Kier alpha value is -2.15. The zero-order valence-electron chi connectivity index (χ0n) is 17.1. The molecule has 1 aliphatic heterocycles. The number of nitrogens with zero attached hydrogens (tertiary/aromatic N) is 1. The number of hydrogen-bond donors (Lipinski definition) is 2. The molecule has 0 unspecified atom stereocenters. The third-order valence-electron chi connectivity index (χ3n) is 5.58. The summed E-state index contributed by atoms with van der Waals surface area (Å²) in [4.78, 5) is 31.6. The molecule has 4 rings (SSSR count). The van der Waals surface area contributed by atoms with Gasteiger partial charge in [0.1, 0.15) is 6.04 Å². The largest absolute Gasteiger partial charge is 0.358 e. The molecule has 1 atom stereocenters. The summed E-state index contributed by atoms with van der Waals surface area (Å²) in [5.41, 5.74) is 3.74. The molecule has 8 heteroatoms. The summed E-state index contributed by atoms with van der Waals surface area (Å²) < 4.78 is 0. The Morgan fingerprint density at radius 1 is 1.23 bits per heavy atom. The number of fused-ring (bicyclic) bond motifs is 3. The number of carbonyl (C=O) groups is 2. The lowest BCUT2D eigenvalue weighted by molar-refractivity contribution is -0.134. The van der Waals surface area contributed by atoms with Crippen molar-refractivity contribution in [3.8, 4) is 0 Å². The second-order valence-corrected chi connectivity index (χ2v) is 9.40. The van der Waals surface area contributed by atoms with Crippen molar-refractivity contribution in [2.45, 2.75) is 25.4 Å². The van der Waals surface area contributed by atoms with E-state index in [4.69, 9.17) is 23.2 Å². The maximum Gasteiger partial charge on any atom is 0.253 e.